The molecule has 0 radical (unpaired) electrons. The minimum Gasteiger partial charge on any atom is -0.444 e. The minimum atomic E-state index is -1.40. The first-order valence-electron chi connectivity index (χ1n) is 9.55. The Morgan fingerprint density at radius 2 is 1.87 bits per heavy atom. The Bertz CT molecular complexity index is 874. The lowest BCUT2D eigenvalue weighted by Gasteiger charge is -2.34. The van der Waals surface area contributed by atoms with Crippen LogP contribution in [0.1, 0.15) is 46.6 Å². The van der Waals surface area contributed by atoms with Gasteiger partial charge in [0.15, 0.2) is 5.92 Å². The van der Waals surface area contributed by atoms with Crippen molar-refractivity contribution in [3.05, 3.63) is 39.7 Å². The molecule has 0 saturated carbocycles. The van der Waals surface area contributed by atoms with E-state index < -0.39 is 57.8 Å². The first-order valence-corrected chi connectivity index (χ1v) is 9.55. The van der Waals surface area contributed by atoms with Crippen LogP contribution in [-0.4, -0.2) is 40.4 Å². The molecule has 1 heterocycles. The first-order chi connectivity index (χ1) is 14.2. The molecule has 1 aliphatic rings. The largest absolute Gasteiger partial charge is 0.444 e. The van der Waals surface area contributed by atoms with Crippen LogP contribution in [0, 0.1) is 21.8 Å². The molecule has 2 rings (SSSR count). The molecule has 0 spiro atoms. The number of carbonyl (C=O) groups excluding carboxylic acids is 3. The molecular weight excluding hydrogens is 415 g/mol. The lowest BCUT2D eigenvalue weighted by atomic mass is 9.94. The quantitative estimate of drug-likeness (QED) is 0.309. The van der Waals surface area contributed by atoms with Crippen LogP contribution in [0.5, 0.6) is 0 Å². The highest BCUT2D eigenvalue weighted by Crippen LogP contribution is 2.27. The highest BCUT2D eigenvalue weighted by Gasteiger charge is 2.44. The third-order valence-corrected chi connectivity index (χ3v) is 4.19. The summed E-state index contributed by atoms with van der Waals surface area (Å²) in [5.41, 5.74) is -1.19. The number of amides is 1. The van der Waals surface area contributed by atoms with E-state index in [2.05, 4.69) is 5.32 Å². The smallest absolute Gasteiger partial charge is 0.407 e. The molecule has 170 valence electrons. The second-order valence-corrected chi connectivity index (χ2v) is 8.62. The Balaban J connectivity index is 2.23. The van der Waals surface area contributed by atoms with Crippen molar-refractivity contribution >= 4 is 23.7 Å². The van der Waals surface area contributed by atoms with Gasteiger partial charge in [-0.05, 0) is 45.2 Å². The van der Waals surface area contributed by atoms with Crippen molar-refractivity contribution in [1.29, 1.82) is 0 Å². The van der Waals surface area contributed by atoms with E-state index in [1.54, 1.807) is 20.8 Å². The third-order valence-electron chi connectivity index (χ3n) is 4.19. The van der Waals surface area contributed by atoms with Crippen LogP contribution in [0.2, 0.25) is 0 Å². The van der Waals surface area contributed by atoms with Gasteiger partial charge in [-0.25, -0.2) is 4.79 Å². The SMILES string of the molecule is CC(C)(C)OC(=O)NC(Cc1ccc([N+](=O)[O-])c(F)c1)CC1C(=O)OC(C)(C)OC1=O. The predicted octanol–water partition coefficient (Wildman–Crippen LogP) is 3.01. The monoisotopic (exact) mass is 440 g/mol. The standard InChI is InChI=1S/C20H25FN2O8/c1-19(2,3)31-18(26)22-12(8-11-6-7-15(23(27)28)14(21)9-11)10-13-16(24)29-20(4,5)30-17(13)25/h6-7,9,12-13H,8,10H2,1-5H3,(H,22,26). The molecule has 1 aromatic carbocycles. The predicted molar refractivity (Wildman–Crippen MR) is 104 cm³/mol. The number of ether oxygens (including phenoxy) is 3. The van der Waals surface area contributed by atoms with Crippen LogP contribution in [0.25, 0.3) is 0 Å². The number of hydrogen-bond donors (Lipinski definition) is 1. The number of hydrogen-bond acceptors (Lipinski definition) is 8. The summed E-state index contributed by atoms with van der Waals surface area (Å²) in [6.07, 6.45) is -1.04. The number of esters is 2. The summed E-state index contributed by atoms with van der Waals surface area (Å²) in [5.74, 6) is -5.38. The fourth-order valence-electron chi connectivity index (χ4n) is 3.00. The van der Waals surface area contributed by atoms with Gasteiger partial charge in [-0.15, -0.1) is 0 Å². The number of carbonyl (C=O) groups is 3. The van der Waals surface area contributed by atoms with Crippen LogP contribution in [-0.2, 0) is 30.2 Å². The van der Waals surface area contributed by atoms with Crippen molar-refractivity contribution in [3.8, 4) is 0 Å². The van der Waals surface area contributed by atoms with Crippen LogP contribution >= 0.6 is 0 Å². The molecule has 10 nitrogen and oxygen atoms in total. The normalized spacial score (nSPS) is 17.4. The Morgan fingerprint density at radius 1 is 1.29 bits per heavy atom. The molecule has 0 aliphatic carbocycles. The maximum absolute atomic E-state index is 14.0. The Morgan fingerprint density at radius 3 is 2.35 bits per heavy atom. The van der Waals surface area contributed by atoms with Crippen molar-refractivity contribution in [2.45, 2.75) is 64.9 Å². The number of nitrogens with one attached hydrogen (secondary N) is 1. The fraction of sp³-hybridized carbons (Fsp3) is 0.550. The molecule has 1 aromatic rings. The molecule has 1 N–H and O–H groups in total. The fourth-order valence-corrected chi connectivity index (χ4v) is 3.00. The number of benzene rings is 1. The first kappa shape index (κ1) is 24.0. The second-order valence-electron chi connectivity index (χ2n) is 8.62. The molecule has 1 unspecified atom stereocenters. The zero-order chi connectivity index (χ0) is 23.6. The van der Waals surface area contributed by atoms with E-state index in [1.807, 2.05) is 0 Å². The zero-order valence-corrected chi connectivity index (χ0v) is 17.9. The summed E-state index contributed by atoms with van der Waals surface area (Å²) in [6, 6.07) is 2.43. The number of nitro benzene ring substituents is 1. The van der Waals surface area contributed by atoms with Crippen LogP contribution in [0.3, 0.4) is 0 Å². The molecule has 0 bridgehead atoms. The minimum absolute atomic E-state index is 0.0331. The average Bonchev–Trinajstić information content (AvgIpc) is 2.55. The van der Waals surface area contributed by atoms with Crippen molar-refractivity contribution < 1.29 is 37.9 Å². The van der Waals surface area contributed by atoms with Crippen molar-refractivity contribution in [2.24, 2.45) is 5.92 Å². The molecule has 31 heavy (non-hydrogen) atoms. The third kappa shape index (κ3) is 6.90. The van der Waals surface area contributed by atoms with Gasteiger partial charge >= 0.3 is 23.7 Å². The number of nitro groups is 1. The van der Waals surface area contributed by atoms with Gasteiger partial charge in [0.1, 0.15) is 5.60 Å². The highest BCUT2D eigenvalue weighted by atomic mass is 19.1. The summed E-state index contributed by atoms with van der Waals surface area (Å²) >= 11 is 0. The number of nitrogens with zero attached hydrogens (tertiary/aromatic N) is 1. The van der Waals surface area contributed by atoms with Crippen LogP contribution in [0.15, 0.2) is 18.2 Å². The maximum atomic E-state index is 14.0. The van der Waals surface area contributed by atoms with Gasteiger partial charge in [-0.3, -0.25) is 19.7 Å². The summed E-state index contributed by atoms with van der Waals surface area (Å²) in [7, 11) is 0. The van der Waals surface area contributed by atoms with Gasteiger partial charge in [-0.2, -0.15) is 4.39 Å². The van der Waals surface area contributed by atoms with Gasteiger partial charge in [0.05, 0.1) is 4.92 Å². The lowest BCUT2D eigenvalue weighted by Crippen LogP contribution is -2.49. The van der Waals surface area contributed by atoms with E-state index in [0.29, 0.717) is 5.56 Å². The summed E-state index contributed by atoms with van der Waals surface area (Å²) in [4.78, 5) is 46.8. The van der Waals surface area contributed by atoms with Crippen LogP contribution in [0.4, 0.5) is 14.9 Å². The summed E-state index contributed by atoms with van der Waals surface area (Å²) < 4.78 is 29.4. The van der Waals surface area contributed by atoms with Crippen molar-refractivity contribution in [3.63, 3.8) is 0 Å². The van der Waals surface area contributed by atoms with Gasteiger partial charge < -0.3 is 19.5 Å². The highest BCUT2D eigenvalue weighted by molar-refractivity contribution is 5.96. The van der Waals surface area contributed by atoms with Gasteiger partial charge in [0.2, 0.25) is 5.82 Å². The molecule has 1 atom stereocenters. The van der Waals surface area contributed by atoms with Crippen molar-refractivity contribution in [2.75, 3.05) is 0 Å². The molecule has 0 aromatic heterocycles. The Labute approximate surface area is 178 Å². The van der Waals surface area contributed by atoms with E-state index >= 15 is 0 Å². The van der Waals surface area contributed by atoms with E-state index in [4.69, 9.17) is 14.2 Å². The van der Waals surface area contributed by atoms with Gasteiger partial charge in [0, 0.05) is 26.0 Å². The van der Waals surface area contributed by atoms with E-state index in [9.17, 15) is 28.9 Å². The number of rotatable bonds is 6. The molecular formula is C20H25FN2O8. The van der Waals surface area contributed by atoms with Gasteiger partial charge in [-0.1, -0.05) is 6.07 Å². The molecule has 1 fully saturated rings. The zero-order valence-electron chi connectivity index (χ0n) is 17.9. The number of alkyl carbamates (subject to hydrolysis) is 1. The van der Waals surface area contributed by atoms with Crippen molar-refractivity contribution in [1.82, 2.24) is 5.32 Å². The topological polar surface area (TPSA) is 134 Å². The number of cyclic esters (lactones) is 2. The van der Waals surface area contributed by atoms with E-state index in [0.717, 1.165) is 12.1 Å². The number of halogens is 1. The molecule has 1 aliphatic heterocycles. The van der Waals surface area contributed by atoms with Crippen LogP contribution < -0.4 is 5.32 Å². The average molecular weight is 440 g/mol. The van der Waals surface area contributed by atoms with E-state index in [-0.39, 0.29) is 12.8 Å². The lowest BCUT2D eigenvalue weighted by molar-refractivity contribution is -0.387. The summed E-state index contributed by atoms with van der Waals surface area (Å²) in [5, 5.41) is 13.4. The Hall–Kier alpha value is -3.24. The summed E-state index contributed by atoms with van der Waals surface area (Å²) in [6.45, 7) is 7.80. The molecule has 1 amide bonds. The van der Waals surface area contributed by atoms with Gasteiger partial charge in [0.25, 0.3) is 5.79 Å². The molecule has 11 heteroatoms. The maximum Gasteiger partial charge on any atom is 0.407 e. The van der Waals surface area contributed by atoms with E-state index in [1.165, 1.54) is 19.9 Å². The second kappa shape index (κ2) is 8.86. The molecule has 1 saturated heterocycles. The Kier molecular flexibility index (Phi) is 6.87.